The van der Waals surface area contributed by atoms with Crippen molar-refractivity contribution in [2.45, 2.75) is 49.7 Å². The number of carbonyl (C=O) groups is 2. The fraction of sp³-hybridized carbons (Fsp3) is 0.480. The Balaban J connectivity index is 1.37. The number of carboxylic acid groups (broad SMARTS) is 1. The number of aliphatic carboxylic acids is 1. The van der Waals surface area contributed by atoms with Gasteiger partial charge in [-0.1, -0.05) is 36.9 Å². The summed E-state index contributed by atoms with van der Waals surface area (Å²) in [6.45, 7) is 6.97. The summed E-state index contributed by atoms with van der Waals surface area (Å²) in [5, 5.41) is 21.9. The summed E-state index contributed by atoms with van der Waals surface area (Å²) in [7, 11) is 2.32. The van der Waals surface area contributed by atoms with Gasteiger partial charge in [0, 0.05) is 40.2 Å². The van der Waals surface area contributed by atoms with Crippen LogP contribution in [-0.4, -0.2) is 68.7 Å². The highest BCUT2D eigenvalue weighted by molar-refractivity contribution is 8.04. The standard InChI is InChI=1S/C25H29N3O4S2/c1-14-20-19(15(2)29)23(30)27(20)21(24(31)32)22(14)34-25-26-18(13-33-25)17-8-6-7-16(11-17)12-28(3)9-4-5-10-28/h6-8,11,13-15,19-20,29H,4-5,9-10,12H2,1-3H3/p+1/t14-,15-,19-,20-/m1/s1. The summed E-state index contributed by atoms with van der Waals surface area (Å²) in [4.78, 5) is 31.4. The number of β-lactam (4-membered cyclic amide) rings is 1. The molecule has 0 unspecified atom stereocenters. The first-order valence-electron chi connectivity index (χ1n) is 11.7. The molecule has 2 aromatic rings. The number of hydrogen-bond acceptors (Lipinski definition) is 6. The molecule has 3 aliphatic heterocycles. The molecular formula is C25H30N3O4S2+. The predicted molar refractivity (Wildman–Crippen MR) is 132 cm³/mol. The van der Waals surface area contributed by atoms with Crippen molar-refractivity contribution >= 4 is 35.0 Å². The van der Waals surface area contributed by atoms with E-state index < -0.39 is 18.0 Å². The number of quaternary nitrogens is 1. The molecule has 3 aliphatic rings. The van der Waals surface area contributed by atoms with Gasteiger partial charge in [-0.2, -0.15) is 0 Å². The van der Waals surface area contributed by atoms with Crippen molar-refractivity contribution in [3.05, 3.63) is 45.8 Å². The topological polar surface area (TPSA) is 90.7 Å². The van der Waals surface area contributed by atoms with Crippen molar-refractivity contribution in [2.24, 2.45) is 11.8 Å². The van der Waals surface area contributed by atoms with Crippen LogP contribution in [0, 0.1) is 11.8 Å². The zero-order valence-corrected chi connectivity index (χ0v) is 21.2. The van der Waals surface area contributed by atoms with Crippen LogP contribution >= 0.6 is 23.1 Å². The van der Waals surface area contributed by atoms with E-state index in [0.717, 1.165) is 26.6 Å². The molecule has 1 aromatic heterocycles. The van der Waals surface area contributed by atoms with Crippen LogP contribution in [0.25, 0.3) is 11.3 Å². The lowest BCUT2D eigenvalue weighted by Gasteiger charge is -2.46. The molecule has 7 nitrogen and oxygen atoms in total. The largest absolute Gasteiger partial charge is 0.477 e. The fourth-order valence-electron chi connectivity index (χ4n) is 5.71. The van der Waals surface area contributed by atoms with Crippen LogP contribution in [0.3, 0.4) is 0 Å². The Morgan fingerprint density at radius 1 is 1.35 bits per heavy atom. The van der Waals surface area contributed by atoms with Gasteiger partial charge >= 0.3 is 5.97 Å². The number of carboxylic acids is 1. The third-order valence-electron chi connectivity index (χ3n) is 7.42. The van der Waals surface area contributed by atoms with E-state index in [2.05, 4.69) is 31.3 Å². The lowest BCUT2D eigenvalue weighted by Crippen LogP contribution is -2.63. The molecule has 180 valence electrons. The second-order valence-electron chi connectivity index (χ2n) is 10.0. The second-order valence-corrected chi connectivity index (χ2v) is 12.2. The molecular weight excluding hydrogens is 470 g/mol. The smallest absolute Gasteiger partial charge is 0.353 e. The Kier molecular flexibility index (Phi) is 6.08. The molecule has 2 fully saturated rings. The van der Waals surface area contributed by atoms with Gasteiger partial charge in [-0.3, -0.25) is 4.79 Å². The number of thioether (sulfide) groups is 1. The summed E-state index contributed by atoms with van der Waals surface area (Å²) in [5.74, 6) is -2.16. The zero-order valence-electron chi connectivity index (χ0n) is 19.6. The molecule has 9 heteroatoms. The number of likely N-dealkylation sites (tertiary alicyclic amines) is 1. The van der Waals surface area contributed by atoms with Crippen molar-refractivity contribution in [1.29, 1.82) is 0 Å². The van der Waals surface area contributed by atoms with Crippen LogP contribution in [0.1, 0.15) is 32.3 Å². The first-order chi connectivity index (χ1) is 16.2. The van der Waals surface area contributed by atoms with E-state index in [0.29, 0.717) is 4.91 Å². The van der Waals surface area contributed by atoms with Gasteiger partial charge in [-0.05, 0) is 13.0 Å². The number of carbonyl (C=O) groups excluding carboxylic acids is 1. The molecule has 2 N–H and O–H groups in total. The average Bonchev–Trinajstić information content (AvgIpc) is 3.47. The van der Waals surface area contributed by atoms with Crippen molar-refractivity contribution in [3.8, 4) is 11.3 Å². The Morgan fingerprint density at radius 2 is 2.09 bits per heavy atom. The lowest BCUT2D eigenvalue weighted by atomic mass is 9.79. The Morgan fingerprint density at radius 3 is 2.76 bits per heavy atom. The molecule has 2 saturated heterocycles. The minimum Gasteiger partial charge on any atom is -0.477 e. The van der Waals surface area contributed by atoms with Gasteiger partial charge in [-0.15, -0.1) is 11.3 Å². The number of aliphatic hydroxyl groups excluding tert-OH is 1. The van der Waals surface area contributed by atoms with Gasteiger partial charge in [0.2, 0.25) is 5.91 Å². The fourth-order valence-corrected chi connectivity index (χ4v) is 7.81. The van der Waals surface area contributed by atoms with Crippen LogP contribution in [-0.2, 0) is 16.1 Å². The van der Waals surface area contributed by atoms with E-state index in [1.165, 1.54) is 59.5 Å². The van der Waals surface area contributed by atoms with Gasteiger partial charge in [0.05, 0.1) is 43.9 Å². The summed E-state index contributed by atoms with van der Waals surface area (Å²) in [6.07, 6.45) is 1.77. The highest BCUT2D eigenvalue weighted by Gasteiger charge is 2.60. The number of aliphatic hydroxyl groups is 1. The van der Waals surface area contributed by atoms with Crippen molar-refractivity contribution in [3.63, 3.8) is 0 Å². The van der Waals surface area contributed by atoms with E-state index >= 15 is 0 Å². The average molecular weight is 501 g/mol. The second kappa shape index (κ2) is 8.78. The molecule has 1 aromatic carbocycles. The number of thiazole rings is 1. The number of benzene rings is 1. The molecule has 0 saturated carbocycles. The highest BCUT2D eigenvalue weighted by atomic mass is 32.2. The first kappa shape index (κ1) is 23.5. The Bertz CT molecular complexity index is 1170. The molecule has 0 aliphatic carbocycles. The maximum atomic E-state index is 12.6. The zero-order chi connectivity index (χ0) is 24.2. The minimum absolute atomic E-state index is 0.0331. The van der Waals surface area contributed by atoms with Crippen LogP contribution < -0.4 is 0 Å². The van der Waals surface area contributed by atoms with Gasteiger partial charge in [0.1, 0.15) is 12.2 Å². The van der Waals surface area contributed by atoms with E-state index in [-0.39, 0.29) is 23.6 Å². The van der Waals surface area contributed by atoms with E-state index in [9.17, 15) is 19.8 Å². The number of hydrogen-bond donors (Lipinski definition) is 2. The summed E-state index contributed by atoms with van der Waals surface area (Å²) in [5.41, 5.74) is 3.27. The van der Waals surface area contributed by atoms with Crippen molar-refractivity contribution in [1.82, 2.24) is 9.88 Å². The maximum Gasteiger partial charge on any atom is 0.353 e. The molecule has 0 radical (unpaired) electrons. The van der Waals surface area contributed by atoms with Crippen LogP contribution in [0.4, 0.5) is 0 Å². The van der Waals surface area contributed by atoms with Gasteiger partial charge < -0.3 is 19.6 Å². The number of amides is 1. The molecule has 4 atom stereocenters. The highest BCUT2D eigenvalue weighted by Crippen LogP contribution is 2.52. The summed E-state index contributed by atoms with van der Waals surface area (Å²) in [6, 6.07) is 8.22. The van der Waals surface area contributed by atoms with E-state index in [1.54, 1.807) is 6.92 Å². The van der Waals surface area contributed by atoms with Gasteiger partial charge in [-0.25, -0.2) is 9.78 Å². The van der Waals surface area contributed by atoms with E-state index in [4.69, 9.17) is 4.98 Å². The normalized spacial score (nSPS) is 26.5. The quantitative estimate of drug-likeness (QED) is 0.444. The van der Waals surface area contributed by atoms with Crippen molar-refractivity contribution in [2.75, 3.05) is 20.1 Å². The minimum atomic E-state index is -1.11. The number of nitrogens with zero attached hydrogens (tertiary/aromatic N) is 3. The first-order valence-corrected chi connectivity index (χ1v) is 13.4. The summed E-state index contributed by atoms with van der Waals surface area (Å²) < 4.78 is 1.83. The molecule has 34 heavy (non-hydrogen) atoms. The predicted octanol–water partition coefficient (Wildman–Crippen LogP) is 3.80. The van der Waals surface area contributed by atoms with E-state index in [1.807, 2.05) is 12.3 Å². The van der Waals surface area contributed by atoms with Gasteiger partial charge in [0.15, 0.2) is 4.34 Å². The van der Waals surface area contributed by atoms with Crippen LogP contribution in [0.2, 0.25) is 0 Å². The van der Waals surface area contributed by atoms with Gasteiger partial charge in [0.25, 0.3) is 0 Å². The summed E-state index contributed by atoms with van der Waals surface area (Å²) >= 11 is 2.82. The maximum absolute atomic E-state index is 12.6. The molecule has 1 amide bonds. The third-order valence-corrected chi connectivity index (χ3v) is 9.65. The lowest BCUT2D eigenvalue weighted by molar-refractivity contribution is -0.910. The number of aromatic nitrogens is 1. The van der Waals surface area contributed by atoms with Crippen LogP contribution in [0.15, 0.2) is 44.6 Å². The Hall–Kier alpha value is -2.20. The number of fused-ring (bicyclic) bond motifs is 1. The van der Waals surface area contributed by atoms with Crippen molar-refractivity contribution < 1.29 is 24.3 Å². The molecule has 5 rings (SSSR count). The monoisotopic (exact) mass is 500 g/mol. The van der Waals surface area contributed by atoms with Crippen LogP contribution in [0.5, 0.6) is 0 Å². The molecule has 0 spiro atoms. The third kappa shape index (κ3) is 3.98. The number of rotatable bonds is 7. The molecule has 4 heterocycles. The molecule has 0 bridgehead atoms. The SMILES string of the molecule is C[C@@H](O)[C@H]1C(=O)N2C(C(=O)O)=C(Sc3nc(-c4cccc(C[N+]5(C)CCCC5)c4)cs3)[C@H](C)[C@H]12. The Labute approximate surface area is 207 Å².